The average Bonchev–Trinajstić information content (AvgIpc) is 3.12. The third-order valence-electron chi connectivity index (χ3n) is 6.36. The molecule has 7 heteroatoms. The third kappa shape index (κ3) is 5.89. The summed E-state index contributed by atoms with van der Waals surface area (Å²) in [5.41, 5.74) is 2.57. The fraction of sp³-hybridized carbons (Fsp3) is 0.267. The number of nitrogens with zero attached hydrogens (tertiary/aromatic N) is 2. The number of amides is 1. The van der Waals surface area contributed by atoms with Crippen LogP contribution in [-0.4, -0.2) is 53.8 Å². The van der Waals surface area contributed by atoms with E-state index in [0.29, 0.717) is 30.9 Å². The van der Waals surface area contributed by atoms with Crippen LogP contribution in [0, 0.1) is 12.7 Å². The lowest BCUT2D eigenvalue weighted by Gasteiger charge is -2.26. The predicted octanol–water partition coefficient (Wildman–Crippen LogP) is 5.09. The molecule has 1 atom stereocenters. The Hall–Kier alpha value is -3.97. The molecule has 0 radical (unpaired) electrons. The monoisotopic (exact) mass is 502 g/mol. The number of benzene rings is 3. The smallest absolute Gasteiger partial charge is 0.295 e. The van der Waals surface area contributed by atoms with E-state index >= 15 is 0 Å². The molecule has 1 fully saturated rings. The van der Waals surface area contributed by atoms with Crippen molar-refractivity contribution in [2.24, 2.45) is 0 Å². The molecule has 0 saturated carbocycles. The van der Waals surface area contributed by atoms with Crippen LogP contribution in [0.3, 0.4) is 0 Å². The van der Waals surface area contributed by atoms with Crippen LogP contribution in [-0.2, 0) is 16.2 Å². The first-order valence-corrected chi connectivity index (χ1v) is 12.2. The second-order valence-corrected chi connectivity index (χ2v) is 9.47. The van der Waals surface area contributed by atoms with E-state index in [4.69, 9.17) is 4.74 Å². The van der Waals surface area contributed by atoms with Gasteiger partial charge in [0, 0.05) is 17.7 Å². The van der Waals surface area contributed by atoms with Gasteiger partial charge in [-0.3, -0.25) is 9.59 Å². The maximum Gasteiger partial charge on any atom is 0.295 e. The van der Waals surface area contributed by atoms with E-state index in [2.05, 4.69) is 0 Å². The zero-order valence-corrected chi connectivity index (χ0v) is 21.3. The van der Waals surface area contributed by atoms with E-state index in [9.17, 15) is 19.1 Å². The van der Waals surface area contributed by atoms with Gasteiger partial charge in [-0.15, -0.1) is 0 Å². The Morgan fingerprint density at radius 1 is 1.03 bits per heavy atom. The number of aliphatic hydroxyl groups excluding tert-OH is 1. The highest BCUT2D eigenvalue weighted by Crippen LogP contribution is 2.40. The van der Waals surface area contributed by atoms with Crippen molar-refractivity contribution in [1.82, 2.24) is 9.80 Å². The number of halogens is 1. The van der Waals surface area contributed by atoms with Crippen molar-refractivity contribution < 1.29 is 23.8 Å². The van der Waals surface area contributed by atoms with E-state index in [1.807, 2.05) is 50.2 Å². The first-order chi connectivity index (χ1) is 17.8. The van der Waals surface area contributed by atoms with Crippen molar-refractivity contribution in [2.45, 2.75) is 26.0 Å². The molecule has 4 rings (SSSR count). The molecular formula is C30H31FN2O4. The molecule has 0 bridgehead atoms. The molecule has 0 unspecified atom stereocenters. The third-order valence-corrected chi connectivity index (χ3v) is 6.36. The first kappa shape index (κ1) is 26.1. The number of Topliss-reactive ketones (excluding diaryl/α,β-unsaturated/α-hetero) is 1. The predicted molar refractivity (Wildman–Crippen MR) is 141 cm³/mol. The molecule has 0 spiro atoms. The Labute approximate surface area is 216 Å². The quantitative estimate of drug-likeness (QED) is 0.251. The molecule has 0 aliphatic carbocycles. The van der Waals surface area contributed by atoms with E-state index in [-0.39, 0.29) is 23.4 Å². The summed E-state index contributed by atoms with van der Waals surface area (Å²) in [4.78, 5) is 29.4. The number of ketones is 1. The molecule has 1 amide bonds. The summed E-state index contributed by atoms with van der Waals surface area (Å²) < 4.78 is 20.7. The molecule has 1 heterocycles. The van der Waals surface area contributed by atoms with E-state index in [1.54, 1.807) is 42.5 Å². The number of carbonyl (C=O) groups is 2. The number of rotatable bonds is 9. The van der Waals surface area contributed by atoms with Gasteiger partial charge in [0.1, 0.15) is 23.9 Å². The Morgan fingerprint density at radius 2 is 1.76 bits per heavy atom. The van der Waals surface area contributed by atoms with Crippen molar-refractivity contribution in [3.05, 3.63) is 106 Å². The van der Waals surface area contributed by atoms with Gasteiger partial charge in [-0.2, -0.15) is 0 Å². The summed E-state index contributed by atoms with van der Waals surface area (Å²) in [5.74, 6) is -1.86. The van der Waals surface area contributed by atoms with Gasteiger partial charge in [0.05, 0.1) is 11.6 Å². The van der Waals surface area contributed by atoms with Crippen LogP contribution in [0.4, 0.5) is 4.39 Å². The molecule has 1 saturated heterocycles. The highest BCUT2D eigenvalue weighted by atomic mass is 19.1. The topological polar surface area (TPSA) is 70.1 Å². The van der Waals surface area contributed by atoms with Crippen LogP contribution >= 0.6 is 0 Å². The minimum absolute atomic E-state index is 0.117. The summed E-state index contributed by atoms with van der Waals surface area (Å²) in [6.07, 6.45) is 0.595. The van der Waals surface area contributed by atoms with Crippen LogP contribution < -0.4 is 4.74 Å². The van der Waals surface area contributed by atoms with E-state index in [1.165, 1.54) is 11.0 Å². The molecule has 6 nitrogen and oxygen atoms in total. The van der Waals surface area contributed by atoms with E-state index < -0.39 is 23.5 Å². The Kier molecular flexibility index (Phi) is 8.04. The van der Waals surface area contributed by atoms with Gasteiger partial charge in [0.2, 0.25) is 0 Å². The Morgan fingerprint density at radius 3 is 2.43 bits per heavy atom. The molecule has 1 aliphatic rings. The van der Waals surface area contributed by atoms with Gasteiger partial charge in [-0.05, 0) is 69.9 Å². The maximum atomic E-state index is 14.9. The highest BCUT2D eigenvalue weighted by molar-refractivity contribution is 6.46. The zero-order valence-electron chi connectivity index (χ0n) is 21.3. The second-order valence-electron chi connectivity index (χ2n) is 9.47. The first-order valence-electron chi connectivity index (χ1n) is 12.2. The summed E-state index contributed by atoms with van der Waals surface area (Å²) in [6, 6.07) is 19.7. The number of hydrogen-bond acceptors (Lipinski definition) is 5. The highest BCUT2D eigenvalue weighted by Gasteiger charge is 2.46. The van der Waals surface area contributed by atoms with Gasteiger partial charge in [-0.1, -0.05) is 48.0 Å². The molecule has 1 N–H and O–H groups in total. The minimum Gasteiger partial charge on any atom is -0.507 e. The molecule has 0 aromatic heterocycles. The number of carbonyl (C=O) groups excluding carboxylic acids is 2. The maximum absolute atomic E-state index is 14.9. The normalized spacial score (nSPS) is 17.0. The second kappa shape index (κ2) is 11.4. The number of likely N-dealkylation sites (tertiary alicyclic amines) is 1. The van der Waals surface area contributed by atoms with Crippen molar-refractivity contribution in [2.75, 3.05) is 27.2 Å². The van der Waals surface area contributed by atoms with Gasteiger partial charge in [0.25, 0.3) is 11.7 Å². The van der Waals surface area contributed by atoms with E-state index in [0.717, 1.165) is 11.1 Å². The number of aliphatic hydroxyl groups is 1. The van der Waals surface area contributed by atoms with Crippen LogP contribution in [0.25, 0.3) is 5.76 Å². The van der Waals surface area contributed by atoms with Crippen LogP contribution in [0.2, 0.25) is 0 Å². The van der Waals surface area contributed by atoms with Gasteiger partial charge < -0.3 is 19.6 Å². The standard InChI is InChI=1S/C30H31FN2O4/c1-20-8-6-9-21(18-20)19-37-23-14-12-22(13-15-23)28(34)26-27(24-10-4-5-11-25(24)31)33(30(36)29(26)35)17-7-16-32(2)3/h4-6,8-15,18,27,34H,7,16-17,19H2,1-3H3/t27-/m1/s1. The van der Waals surface area contributed by atoms with Gasteiger partial charge in [0.15, 0.2) is 0 Å². The SMILES string of the molecule is Cc1cccc(COc2ccc(C(O)=C3C(=O)C(=O)N(CCCN(C)C)[C@@H]3c3ccccc3F)cc2)c1. The molecule has 192 valence electrons. The Balaban J connectivity index is 1.64. The summed E-state index contributed by atoms with van der Waals surface area (Å²) in [5, 5.41) is 11.2. The molecule has 37 heavy (non-hydrogen) atoms. The number of aryl methyl sites for hydroxylation is 1. The minimum atomic E-state index is -1.01. The largest absolute Gasteiger partial charge is 0.507 e. The fourth-order valence-electron chi connectivity index (χ4n) is 4.52. The average molecular weight is 503 g/mol. The molecular weight excluding hydrogens is 471 g/mol. The van der Waals surface area contributed by atoms with Crippen LogP contribution in [0.15, 0.2) is 78.4 Å². The number of hydrogen-bond donors (Lipinski definition) is 1. The summed E-state index contributed by atoms with van der Waals surface area (Å²) >= 11 is 0. The lowest BCUT2D eigenvalue weighted by molar-refractivity contribution is -0.140. The van der Waals surface area contributed by atoms with Crippen LogP contribution in [0.1, 0.15) is 34.7 Å². The molecule has 1 aliphatic heterocycles. The van der Waals surface area contributed by atoms with Crippen molar-refractivity contribution in [3.8, 4) is 5.75 Å². The summed E-state index contributed by atoms with van der Waals surface area (Å²) in [7, 11) is 3.83. The van der Waals surface area contributed by atoms with Crippen molar-refractivity contribution in [3.63, 3.8) is 0 Å². The lowest BCUT2D eigenvalue weighted by atomic mass is 9.95. The van der Waals surface area contributed by atoms with Crippen molar-refractivity contribution >= 4 is 17.4 Å². The Bertz CT molecular complexity index is 1320. The van der Waals surface area contributed by atoms with Crippen LogP contribution in [0.5, 0.6) is 5.75 Å². The summed E-state index contributed by atoms with van der Waals surface area (Å²) in [6.45, 7) is 3.35. The van der Waals surface area contributed by atoms with Gasteiger partial charge >= 0.3 is 0 Å². The van der Waals surface area contributed by atoms with Gasteiger partial charge in [-0.25, -0.2) is 4.39 Å². The zero-order chi connectivity index (χ0) is 26.5. The lowest BCUT2D eigenvalue weighted by Crippen LogP contribution is -2.32. The molecule has 3 aromatic rings. The molecule has 3 aromatic carbocycles. The van der Waals surface area contributed by atoms with Crippen molar-refractivity contribution in [1.29, 1.82) is 0 Å². The number of ether oxygens (including phenoxy) is 1. The fourth-order valence-corrected chi connectivity index (χ4v) is 4.52.